The van der Waals surface area contributed by atoms with Crippen LogP contribution < -0.4 is 0 Å². The maximum absolute atomic E-state index is 8.06. The first-order valence-electron chi connectivity index (χ1n) is 13.3. The molecule has 5 atom stereocenters. The van der Waals surface area contributed by atoms with E-state index < -0.39 is 34.5 Å². The lowest BCUT2D eigenvalue weighted by Crippen LogP contribution is -2.60. The molecule has 3 aromatic carbocycles. The van der Waals surface area contributed by atoms with E-state index in [0.717, 1.165) is 16.7 Å². The van der Waals surface area contributed by atoms with Gasteiger partial charge in [0.25, 0.3) is 0 Å². The molecule has 1 fully saturated rings. The topological polar surface area (TPSA) is 70.0 Å². The highest BCUT2D eigenvalue weighted by atomic mass is 35.6. The average Bonchev–Trinajstić information content (AvgIpc) is 2.99. The largest absolute Gasteiger partial charge is 0.368 e. The number of methoxy groups -OCH3 is 1. The van der Waals surface area contributed by atoms with Crippen molar-refractivity contribution in [3.8, 4) is 0 Å². The fourth-order valence-electron chi connectivity index (χ4n) is 4.47. The van der Waals surface area contributed by atoms with Gasteiger partial charge in [0.05, 0.1) is 25.5 Å². The van der Waals surface area contributed by atoms with Gasteiger partial charge in [-0.05, 0) is 16.7 Å². The van der Waals surface area contributed by atoms with Gasteiger partial charge >= 0.3 is 0 Å². The van der Waals surface area contributed by atoms with Crippen LogP contribution in [0.1, 0.15) is 23.1 Å². The van der Waals surface area contributed by atoms with Gasteiger partial charge in [0.15, 0.2) is 6.29 Å². The summed E-state index contributed by atoms with van der Waals surface area (Å²) in [7, 11) is 1.57. The van der Waals surface area contributed by atoms with E-state index in [9.17, 15) is 0 Å². The molecule has 1 N–H and O–H groups in total. The SMILES string of the molecule is CO[C@H]1O[C@H](/C=C/CC(=N)C(Cl)(Cl)Cl)[C@@H](OCc2ccccc2)[C@H](OCc2ccccc2)[C@@H]1OCc1ccccc1. The smallest absolute Gasteiger partial charge is 0.228 e. The van der Waals surface area contributed by atoms with Crippen LogP contribution in [-0.4, -0.2) is 47.3 Å². The Morgan fingerprint density at radius 3 is 1.61 bits per heavy atom. The third kappa shape index (κ3) is 9.63. The summed E-state index contributed by atoms with van der Waals surface area (Å²) in [6.45, 7) is 1.01. The van der Waals surface area contributed by atoms with E-state index >= 15 is 0 Å². The summed E-state index contributed by atoms with van der Waals surface area (Å²) in [6, 6.07) is 29.7. The number of ether oxygens (including phenoxy) is 5. The van der Waals surface area contributed by atoms with Gasteiger partial charge in [-0.3, -0.25) is 0 Å². The van der Waals surface area contributed by atoms with Crippen molar-refractivity contribution in [2.24, 2.45) is 0 Å². The Kier molecular flexibility index (Phi) is 12.2. The predicted octanol–water partition coefficient (Wildman–Crippen LogP) is 7.45. The van der Waals surface area contributed by atoms with Gasteiger partial charge in [-0.1, -0.05) is 138 Å². The van der Waals surface area contributed by atoms with Gasteiger partial charge in [0.2, 0.25) is 3.79 Å². The normalized spacial score (nSPS) is 23.1. The van der Waals surface area contributed by atoms with Gasteiger partial charge in [0.1, 0.15) is 24.4 Å². The third-order valence-electron chi connectivity index (χ3n) is 6.61. The number of benzene rings is 3. The summed E-state index contributed by atoms with van der Waals surface area (Å²) in [5.41, 5.74) is 2.98. The number of rotatable bonds is 13. The van der Waals surface area contributed by atoms with E-state index in [1.54, 1.807) is 19.3 Å². The highest BCUT2D eigenvalue weighted by molar-refractivity contribution is 6.76. The minimum absolute atomic E-state index is 0.0550. The minimum Gasteiger partial charge on any atom is -0.368 e. The van der Waals surface area contributed by atoms with Gasteiger partial charge in [0, 0.05) is 13.5 Å². The molecule has 218 valence electrons. The second-order valence-corrected chi connectivity index (χ2v) is 11.9. The van der Waals surface area contributed by atoms with Crippen molar-refractivity contribution in [3.05, 3.63) is 120 Å². The highest BCUT2D eigenvalue weighted by Crippen LogP contribution is 2.32. The standard InChI is InChI=1S/C32H34Cl3NO5/c1-37-31-30(40-22-25-16-9-4-10-17-25)29(39-21-24-14-7-3-8-15-24)28(38-20-23-12-5-2-6-13-23)26(41-31)18-11-19-27(36)32(33,34)35/h2-18,26,28-31,36H,19-22H2,1H3/b18-11+,36-27?/t26-,28-,29+,30+,31+/m1/s1. The molecule has 4 rings (SSSR count). The van der Waals surface area contributed by atoms with Crippen LogP contribution in [0.5, 0.6) is 0 Å². The van der Waals surface area contributed by atoms with E-state index in [1.165, 1.54) is 0 Å². The molecule has 1 heterocycles. The molecule has 0 aromatic heterocycles. The number of halogens is 3. The summed E-state index contributed by atoms with van der Waals surface area (Å²) in [6.07, 6.45) is 0.575. The lowest BCUT2D eigenvalue weighted by atomic mass is 9.96. The van der Waals surface area contributed by atoms with Gasteiger partial charge in [-0.25, -0.2) is 0 Å². The quantitative estimate of drug-likeness (QED) is 0.122. The molecular formula is C32H34Cl3NO5. The van der Waals surface area contributed by atoms with E-state index in [1.807, 2.05) is 91.0 Å². The Balaban J connectivity index is 1.62. The molecule has 0 saturated carbocycles. The van der Waals surface area contributed by atoms with E-state index in [4.69, 9.17) is 63.9 Å². The zero-order chi connectivity index (χ0) is 29.1. The fourth-order valence-corrected chi connectivity index (χ4v) is 4.70. The van der Waals surface area contributed by atoms with Gasteiger partial charge in [-0.2, -0.15) is 0 Å². The monoisotopic (exact) mass is 617 g/mol. The van der Waals surface area contributed by atoms with Crippen molar-refractivity contribution in [1.29, 1.82) is 5.41 Å². The number of alkyl halides is 3. The number of nitrogens with one attached hydrogen (secondary N) is 1. The molecule has 41 heavy (non-hydrogen) atoms. The number of allylic oxidation sites excluding steroid dienone is 1. The Hall–Kier alpha value is -2.26. The van der Waals surface area contributed by atoms with Crippen molar-refractivity contribution >= 4 is 40.5 Å². The molecule has 0 amide bonds. The van der Waals surface area contributed by atoms with Crippen LogP contribution in [0.15, 0.2) is 103 Å². The maximum atomic E-state index is 8.06. The average molecular weight is 619 g/mol. The molecule has 0 unspecified atom stereocenters. The van der Waals surface area contributed by atoms with E-state index in [2.05, 4.69) is 0 Å². The molecule has 3 aromatic rings. The van der Waals surface area contributed by atoms with Crippen molar-refractivity contribution in [2.45, 2.75) is 60.7 Å². The summed E-state index contributed by atoms with van der Waals surface area (Å²) >= 11 is 17.7. The molecule has 0 bridgehead atoms. The van der Waals surface area contributed by atoms with Crippen molar-refractivity contribution in [3.63, 3.8) is 0 Å². The Morgan fingerprint density at radius 2 is 1.17 bits per heavy atom. The first-order valence-corrected chi connectivity index (χ1v) is 14.4. The summed E-state index contributed by atoms with van der Waals surface area (Å²) in [4.78, 5) is 0. The molecule has 1 aliphatic rings. The molecule has 6 nitrogen and oxygen atoms in total. The van der Waals surface area contributed by atoms with Crippen molar-refractivity contribution < 1.29 is 23.7 Å². The zero-order valence-electron chi connectivity index (χ0n) is 22.7. The predicted molar refractivity (Wildman–Crippen MR) is 163 cm³/mol. The zero-order valence-corrected chi connectivity index (χ0v) is 25.0. The lowest BCUT2D eigenvalue weighted by molar-refractivity contribution is -0.309. The molecule has 0 radical (unpaired) electrons. The first kappa shape index (κ1) is 31.7. The second kappa shape index (κ2) is 15.8. The summed E-state index contributed by atoms with van der Waals surface area (Å²) in [5, 5.41) is 8.06. The maximum Gasteiger partial charge on any atom is 0.228 e. The Morgan fingerprint density at radius 1 is 0.732 bits per heavy atom. The highest BCUT2D eigenvalue weighted by Gasteiger charge is 2.48. The molecular weight excluding hydrogens is 585 g/mol. The van der Waals surface area contributed by atoms with Crippen LogP contribution in [0.3, 0.4) is 0 Å². The Bertz CT molecular complexity index is 1220. The first-order chi connectivity index (χ1) is 19.8. The second-order valence-electron chi connectivity index (χ2n) is 9.60. The van der Waals surface area contributed by atoms with Gasteiger partial charge in [-0.15, -0.1) is 0 Å². The van der Waals surface area contributed by atoms with E-state index in [-0.39, 0.29) is 12.1 Å². The molecule has 1 aliphatic heterocycles. The summed E-state index contributed by atoms with van der Waals surface area (Å²) in [5.74, 6) is 0. The van der Waals surface area contributed by atoms with Crippen LogP contribution in [-0.2, 0) is 43.5 Å². The number of hydrogen-bond acceptors (Lipinski definition) is 6. The number of hydrogen-bond donors (Lipinski definition) is 1. The Labute approximate surface area is 256 Å². The van der Waals surface area contributed by atoms with Crippen LogP contribution in [0.25, 0.3) is 0 Å². The molecule has 0 aliphatic carbocycles. The molecule has 1 saturated heterocycles. The molecule has 9 heteroatoms. The minimum atomic E-state index is -1.78. The summed E-state index contributed by atoms with van der Waals surface area (Å²) < 4.78 is 29.9. The fraction of sp³-hybridized carbons (Fsp3) is 0.344. The van der Waals surface area contributed by atoms with Crippen LogP contribution in [0, 0.1) is 5.41 Å². The van der Waals surface area contributed by atoms with Crippen LogP contribution in [0.4, 0.5) is 0 Å². The van der Waals surface area contributed by atoms with Crippen LogP contribution in [0.2, 0.25) is 0 Å². The van der Waals surface area contributed by atoms with Gasteiger partial charge < -0.3 is 29.1 Å². The third-order valence-corrected chi connectivity index (χ3v) is 7.29. The lowest BCUT2D eigenvalue weighted by Gasteiger charge is -2.45. The van der Waals surface area contributed by atoms with Crippen molar-refractivity contribution in [2.75, 3.05) is 7.11 Å². The molecule has 0 spiro atoms. The van der Waals surface area contributed by atoms with Crippen molar-refractivity contribution in [1.82, 2.24) is 0 Å². The van der Waals surface area contributed by atoms with E-state index in [0.29, 0.717) is 19.8 Å². The van der Waals surface area contributed by atoms with Crippen LogP contribution >= 0.6 is 34.8 Å².